The number of anilines is 1. The van der Waals surface area contributed by atoms with E-state index in [-0.39, 0.29) is 48.9 Å². The minimum Gasteiger partial charge on any atom is -0.469 e. The molecule has 1 aromatic heterocycles. The van der Waals surface area contributed by atoms with Gasteiger partial charge in [-0.3, -0.25) is 19.4 Å². The van der Waals surface area contributed by atoms with Crippen molar-refractivity contribution in [2.75, 3.05) is 32.1 Å². The Morgan fingerprint density at radius 1 is 1.42 bits per heavy atom. The lowest BCUT2D eigenvalue weighted by molar-refractivity contribution is -0.150. The van der Waals surface area contributed by atoms with E-state index in [9.17, 15) is 14.4 Å². The van der Waals surface area contributed by atoms with Crippen LogP contribution in [0.2, 0.25) is 0 Å². The number of esters is 1. The molecule has 1 aromatic rings. The van der Waals surface area contributed by atoms with Gasteiger partial charge in [-0.1, -0.05) is 6.92 Å². The Kier molecular flexibility index (Phi) is 5.39. The van der Waals surface area contributed by atoms with Gasteiger partial charge < -0.3 is 19.9 Å². The standard InChI is InChI=1S/C18H24N4O4/c1-3-15-14(18(25)26-2)7-13-10-21(11-17(24)22(13)15)16(23)9-20-12-5-4-6-19-8-12/h4-6,8,13-15,20H,3,7,9-11H2,1-2H3/t13-,14-,15-/m0/s1. The molecule has 2 saturated heterocycles. The van der Waals surface area contributed by atoms with Crippen LogP contribution in [-0.4, -0.2) is 71.4 Å². The van der Waals surface area contributed by atoms with E-state index in [0.717, 1.165) is 5.69 Å². The first-order valence-corrected chi connectivity index (χ1v) is 8.85. The van der Waals surface area contributed by atoms with Gasteiger partial charge >= 0.3 is 5.97 Å². The number of pyridine rings is 1. The molecule has 2 aliphatic heterocycles. The van der Waals surface area contributed by atoms with Gasteiger partial charge in [0.1, 0.15) is 0 Å². The second-order valence-corrected chi connectivity index (χ2v) is 6.67. The van der Waals surface area contributed by atoms with Gasteiger partial charge in [0.2, 0.25) is 11.8 Å². The molecule has 8 heteroatoms. The average molecular weight is 360 g/mol. The Hall–Kier alpha value is -2.64. The summed E-state index contributed by atoms with van der Waals surface area (Å²) >= 11 is 0. The summed E-state index contributed by atoms with van der Waals surface area (Å²) < 4.78 is 4.90. The van der Waals surface area contributed by atoms with Gasteiger partial charge in [-0.15, -0.1) is 0 Å². The number of hydrogen-bond donors (Lipinski definition) is 1. The van der Waals surface area contributed by atoms with Crippen LogP contribution < -0.4 is 5.32 Å². The van der Waals surface area contributed by atoms with Gasteiger partial charge in [-0.05, 0) is 25.0 Å². The number of methoxy groups -OCH3 is 1. The van der Waals surface area contributed by atoms with Crippen molar-refractivity contribution in [3.05, 3.63) is 24.5 Å². The van der Waals surface area contributed by atoms with Crippen molar-refractivity contribution in [3.63, 3.8) is 0 Å². The number of piperazine rings is 1. The molecule has 0 bridgehead atoms. The molecule has 26 heavy (non-hydrogen) atoms. The molecule has 0 saturated carbocycles. The highest BCUT2D eigenvalue weighted by Crippen LogP contribution is 2.35. The van der Waals surface area contributed by atoms with Crippen molar-refractivity contribution in [1.82, 2.24) is 14.8 Å². The fourth-order valence-corrected chi connectivity index (χ4v) is 3.98. The number of ether oxygens (including phenoxy) is 1. The number of aromatic nitrogens is 1. The van der Waals surface area contributed by atoms with Crippen molar-refractivity contribution in [2.24, 2.45) is 5.92 Å². The third kappa shape index (κ3) is 3.49. The number of amides is 2. The maximum atomic E-state index is 12.6. The highest BCUT2D eigenvalue weighted by Gasteiger charge is 2.49. The number of carbonyl (C=O) groups is 3. The van der Waals surface area contributed by atoms with Crippen molar-refractivity contribution < 1.29 is 19.1 Å². The van der Waals surface area contributed by atoms with Crippen molar-refractivity contribution in [2.45, 2.75) is 31.8 Å². The molecule has 2 amide bonds. The fraction of sp³-hybridized carbons (Fsp3) is 0.556. The van der Waals surface area contributed by atoms with E-state index in [1.807, 2.05) is 13.0 Å². The molecule has 2 fully saturated rings. The molecule has 0 aliphatic carbocycles. The summed E-state index contributed by atoms with van der Waals surface area (Å²) in [5.41, 5.74) is 0.753. The van der Waals surface area contributed by atoms with Gasteiger partial charge in [-0.25, -0.2) is 0 Å². The molecule has 1 N–H and O–H groups in total. The first-order chi connectivity index (χ1) is 12.5. The summed E-state index contributed by atoms with van der Waals surface area (Å²) in [6.07, 6.45) is 4.53. The van der Waals surface area contributed by atoms with E-state index in [1.54, 1.807) is 28.3 Å². The maximum Gasteiger partial charge on any atom is 0.310 e. The molecule has 2 aliphatic rings. The van der Waals surface area contributed by atoms with Gasteiger partial charge in [0.15, 0.2) is 0 Å². The van der Waals surface area contributed by atoms with Gasteiger partial charge in [0.25, 0.3) is 0 Å². The summed E-state index contributed by atoms with van der Waals surface area (Å²) in [4.78, 5) is 44.6. The highest BCUT2D eigenvalue weighted by molar-refractivity contribution is 5.89. The van der Waals surface area contributed by atoms with E-state index in [1.165, 1.54) is 7.11 Å². The number of fused-ring (bicyclic) bond motifs is 1. The van der Waals surface area contributed by atoms with E-state index >= 15 is 0 Å². The Morgan fingerprint density at radius 3 is 2.88 bits per heavy atom. The van der Waals surface area contributed by atoms with E-state index in [2.05, 4.69) is 10.3 Å². The predicted octanol–water partition coefficient (Wildman–Crippen LogP) is 0.504. The molecule has 0 aromatic carbocycles. The number of hydrogen-bond acceptors (Lipinski definition) is 6. The van der Waals surface area contributed by atoms with E-state index in [0.29, 0.717) is 19.4 Å². The van der Waals surface area contributed by atoms with Crippen LogP contribution in [0.5, 0.6) is 0 Å². The van der Waals surface area contributed by atoms with Crippen LogP contribution >= 0.6 is 0 Å². The van der Waals surface area contributed by atoms with Crippen LogP contribution in [0.25, 0.3) is 0 Å². The molecular weight excluding hydrogens is 336 g/mol. The minimum absolute atomic E-state index is 0.0500. The smallest absolute Gasteiger partial charge is 0.310 e. The molecule has 3 heterocycles. The molecule has 0 spiro atoms. The fourth-order valence-electron chi connectivity index (χ4n) is 3.98. The normalized spacial score (nSPS) is 25.0. The third-order valence-electron chi connectivity index (χ3n) is 5.17. The zero-order valence-corrected chi connectivity index (χ0v) is 15.1. The Labute approximate surface area is 152 Å². The molecule has 0 radical (unpaired) electrons. The summed E-state index contributed by atoms with van der Waals surface area (Å²) in [7, 11) is 1.37. The summed E-state index contributed by atoms with van der Waals surface area (Å²) in [6.45, 7) is 2.56. The first kappa shape index (κ1) is 18.2. The van der Waals surface area contributed by atoms with Crippen LogP contribution in [0, 0.1) is 5.92 Å². The molecular formula is C18H24N4O4. The molecule has 0 unspecified atom stereocenters. The van der Waals surface area contributed by atoms with Gasteiger partial charge in [0.05, 0.1) is 37.8 Å². The number of nitrogens with zero attached hydrogens (tertiary/aromatic N) is 3. The topological polar surface area (TPSA) is 91.8 Å². The average Bonchev–Trinajstić information content (AvgIpc) is 3.05. The lowest BCUT2D eigenvalue weighted by Crippen LogP contribution is -2.58. The first-order valence-electron chi connectivity index (χ1n) is 8.85. The summed E-state index contributed by atoms with van der Waals surface area (Å²) in [5.74, 6) is -0.844. The molecule has 8 nitrogen and oxygen atoms in total. The van der Waals surface area contributed by atoms with Gasteiger partial charge in [0, 0.05) is 25.0 Å². The monoisotopic (exact) mass is 360 g/mol. The highest BCUT2D eigenvalue weighted by atomic mass is 16.5. The Morgan fingerprint density at radius 2 is 2.23 bits per heavy atom. The maximum absolute atomic E-state index is 12.6. The lowest BCUT2D eigenvalue weighted by Gasteiger charge is -2.39. The SMILES string of the molecule is CC[C@H]1[C@@H](C(=O)OC)C[C@H]2CN(C(=O)CNc3cccnc3)CC(=O)N21. The number of rotatable bonds is 5. The number of carbonyl (C=O) groups excluding carboxylic acids is 3. The van der Waals surface area contributed by atoms with Crippen LogP contribution in [0.3, 0.4) is 0 Å². The predicted molar refractivity (Wildman–Crippen MR) is 94.1 cm³/mol. The Bertz CT molecular complexity index is 681. The molecule has 3 atom stereocenters. The largest absolute Gasteiger partial charge is 0.469 e. The summed E-state index contributed by atoms with van der Waals surface area (Å²) in [5, 5.41) is 3.02. The lowest BCUT2D eigenvalue weighted by atomic mass is 9.97. The van der Waals surface area contributed by atoms with Crippen LogP contribution in [0.4, 0.5) is 5.69 Å². The molecule has 3 rings (SSSR count). The quantitative estimate of drug-likeness (QED) is 0.769. The summed E-state index contributed by atoms with van der Waals surface area (Å²) in [6, 6.07) is 3.33. The third-order valence-corrected chi connectivity index (χ3v) is 5.17. The molecule has 140 valence electrons. The second-order valence-electron chi connectivity index (χ2n) is 6.67. The van der Waals surface area contributed by atoms with Crippen molar-refractivity contribution in [1.29, 1.82) is 0 Å². The van der Waals surface area contributed by atoms with E-state index < -0.39 is 0 Å². The van der Waals surface area contributed by atoms with Crippen molar-refractivity contribution >= 4 is 23.5 Å². The minimum atomic E-state index is -0.317. The van der Waals surface area contributed by atoms with Crippen molar-refractivity contribution in [3.8, 4) is 0 Å². The van der Waals surface area contributed by atoms with Crippen LogP contribution in [0.15, 0.2) is 24.5 Å². The number of nitrogens with one attached hydrogen (secondary N) is 1. The zero-order valence-electron chi connectivity index (χ0n) is 15.1. The van der Waals surface area contributed by atoms with Crippen LogP contribution in [-0.2, 0) is 19.1 Å². The van der Waals surface area contributed by atoms with E-state index in [4.69, 9.17) is 4.74 Å². The van der Waals surface area contributed by atoms with Gasteiger partial charge in [-0.2, -0.15) is 0 Å². The zero-order chi connectivity index (χ0) is 18.7. The Balaban J connectivity index is 1.64. The van der Waals surface area contributed by atoms with Crippen LogP contribution in [0.1, 0.15) is 19.8 Å². The second kappa shape index (κ2) is 7.72.